The van der Waals surface area contributed by atoms with Crippen LogP contribution in [-0.2, 0) is 0 Å². The maximum absolute atomic E-state index is 6.58. The Morgan fingerprint density at radius 2 is 0.860 bits per heavy atom. The van der Waals surface area contributed by atoms with Gasteiger partial charge in [-0.15, -0.1) is 11.3 Å². The lowest BCUT2D eigenvalue weighted by atomic mass is 9.92. The summed E-state index contributed by atoms with van der Waals surface area (Å²) in [5.41, 5.74) is 14.4. The van der Waals surface area contributed by atoms with Gasteiger partial charge in [-0.05, 0) is 93.5 Å². The Labute approximate surface area is 335 Å². The fraction of sp³-hybridized carbons (Fsp3) is 0. The lowest BCUT2D eigenvalue weighted by Gasteiger charge is -2.27. The Hall–Kier alpha value is -7.20. The van der Waals surface area contributed by atoms with Crippen LogP contribution in [0.4, 0.5) is 17.1 Å². The molecule has 2 heterocycles. The standard InChI is InChI=1S/C54H35NOS/c1-3-12-36(13-4-1)37-22-24-38(25-23-37)39-26-28-41(29-27-39)55(43-31-33-53-50(35-43)46-17-8-10-21-52(46)57-53)42-30-32-44(49(34-42)40-14-5-2-6-15-40)47-18-11-19-48-45-16-7-9-20-51(45)56-54(47)48/h1-35H. The zero-order chi connectivity index (χ0) is 37.7. The van der Waals surface area contributed by atoms with E-state index in [0.29, 0.717) is 0 Å². The van der Waals surface area contributed by atoms with Crippen molar-refractivity contribution in [2.75, 3.05) is 4.90 Å². The molecule has 0 aliphatic carbocycles. The predicted octanol–water partition coefficient (Wildman–Crippen LogP) is 16.1. The maximum atomic E-state index is 6.58. The van der Waals surface area contributed by atoms with Crippen molar-refractivity contribution in [3.63, 3.8) is 0 Å². The van der Waals surface area contributed by atoms with Gasteiger partial charge in [-0.3, -0.25) is 0 Å². The van der Waals surface area contributed by atoms with E-state index in [4.69, 9.17) is 4.42 Å². The van der Waals surface area contributed by atoms with E-state index in [1.807, 2.05) is 17.4 Å². The number of hydrogen-bond acceptors (Lipinski definition) is 3. The molecule has 0 fully saturated rings. The van der Waals surface area contributed by atoms with E-state index >= 15 is 0 Å². The first-order valence-corrected chi connectivity index (χ1v) is 20.1. The van der Waals surface area contributed by atoms with Crippen molar-refractivity contribution in [2.24, 2.45) is 0 Å². The molecule has 11 aromatic rings. The molecule has 11 rings (SSSR count). The van der Waals surface area contributed by atoms with E-state index in [1.165, 1.54) is 42.4 Å². The normalized spacial score (nSPS) is 11.5. The predicted molar refractivity (Wildman–Crippen MR) is 243 cm³/mol. The lowest BCUT2D eigenvalue weighted by molar-refractivity contribution is 0.670. The molecule has 0 N–H and O–H groups in total. The fourth-order valence-electron chi connectivity index (χ4n) is 8.31. The molecular formula is C54H35NOS. The van der Waals surface area contributed by atoms with Crippen molar-refractivity contribution in [3.05, 3.63) is 212 Å². The molecule has 0 amide bonds. The van der Waals surface area contributed by atoms with Gasteiger partial charge >= 0.3 is 0 Å². The largest absolute Gasteiger partial charge is 0.455 e. The topological polar surface area (TPSA) is 16.4 Å². The minimum atomic E-state index is 0.899. The van der Waals surface area contributed by atoms with Gasteiger partial charge in [0.25, 0.3) is 0 Å². The summed E-state index contributed by atoms with van der Waals surface area (Å²) >= 11 is 1.85. The molecular weight excluding hydrogens is 711 g/mol. The van der Waals surface area contributed by atoms with E-state index in [9.17, 15) is 0 Å². The monoisotopic (exact) mass is 745 g/mol. The Morgan fingerprint density at radius 3 is 1.61 bits per heavy atom. The summed E-state index contributed by atoms with van der Waals surface area (Å²) in [4.78, 5) is 2.39. The summed E-state index contributed by atoms with van der Waals surface area (Å²) in [6.07, 6.45) is 0. The average Bonchev–Trinajstić information content (AvgIpc) is 3.86. The molecule has 0 radical (unpaired) electrons. The first-order valence-electron chi connectivity index (χ1n) is 19.3. The van der Waals surface area contributed by atoms with Crippen LogP contribution in [0.2, 0.25) is 0 Å². The average molecular weight is 746 g/mol. The van der Waals surface area contributed by atoms with Crippen molar-refractivity contribution < 1.29 is 4.42 Å². The Morgan fingerprint density at radius 1 is 0.316 bits per heavy atom. The number of hydrogen-bond donors (Lipinski definition) is 0. The van der Waals surface area contributed by atoms with Crippen LogP contribution in [0, 0.1) is 0 Å². The number of furan rings is 1. The van der Waals surface area contributed by atoms with Gasteiger partial charge in [0.2, 0.25) is 0 Å². The first-order chi connectivity index (χ1) is 28.2. The van der Waals surface area contributed by atoms with Crippen LogP contribution in [0.3, 0.4) is 0 Å². The summed E-state index contributed by atoms with van der Waals surface area (Å²) in [5, 5.41) is 4.81. The highest BCUT2D eigenvalue weighted by molar-refractivity contribution is 7.25. The van der Waals surface area contributed by atoms with E-state index in [-0.39, 0.29) is 0 Å². The molecule has 9 aromatic carbocycles. The number of benzene rings is 9. The summed E-state index contributed by atoms with van der Waals surface area (Å²) < 4.78 is 9.17. The van der Waals surface area contributed by atoms with Gasteiger partial charge in [0, 0.05) is 53.6 Å². The van der Waals surface area contributed by atoms with Crippen molar-refractivity contribution in [1.82, 2.24) is 0 Å². The van der Waals surface area contributed by atoms with E-state index < -0.39 is 0 Å². The van der Waals surface area contributed by atoms with Crippen molar-refractivity contribution >= 4 is 70.5 Å². The van der Waals surface area contributed by atoms with Crippen LogP contribution in [0.15, 0.2) is 217 Å². The number of thiophene rings is 1. The second kappa shape index (κ2) is 13.8. The van der Waals surface area contributed by atoms with Gasteiger partial charge < -0.3 is 9.32 Å². The quantitative estimate of drug-likeness (QED) is 0.162. The molecule has 0 saturated heterocycles. The van der Waals surface area contributed by atoms with Gasteiger partial charge in [0.05, 0.1) is 0 Å². The van der Waals surface area contributed by atoms with Crippen LogP contribution < -0.4 is 4.90 Å². The zero-order valence-corrected chi connectivity index (χ0v) is 31.8. The van der Waals surface area contributed by atoms with Gasteiger partial charge in [0.1, 0.15) is 11.2 Å². The zero-order valence-electron chi connectivity index (χ0n) is 31.0. The van der Waals surface area contributed by atoms with Crippen LogP contribution >= 0.6 is 11.3 Å². The summed E-state index contributed by atoms with van der Waals surface area (Å²) in [7, 11) is 0. The molecule has 2 aromatic heterocycles. The molecule has 57 heavy (non-hydrogen) atoms. The molecule has 2 nitrogen and oxygen atoms in total. The van der Waals surface area contributed by atoms with Gasteiger partial charge in [0.15, 0.2) is 0 Å². The van der Waals surface area contributed by atoms with Crippen molar-refractivity contribution in [3.8, 4) is 44.5 Å². The Balaban J connectivity index is 1.07. The molecule has 0 bridgehead atoms. The molecule has 3 heteroatoms. The SMILES string of the molecule is c1ccc(-c2ccc(-c3ccc(N(c4ccc(-c5cccc6c5oc5ccccc56)c(-c5ccccc5)c4)c4ccc5sc6ccccc6c5c4)cc3)cc2)cc1. The van der Waals surface area contributed by atoms with Gasteiger partial charge in [-0.1, -0.05) is 158 Å². The third kappa shape index (κ3) is 5.88. The molecule has 268 valence electrons. The smallest absolute Gasteiger partial charge is 0.143 e. The first kappa shape index (κ1) is 33.2. The molecule has 0 spiro atoms. The number of rotatable bonds is 7. The third-order valence-electron chi connectivity index (χ3n) is 11.1. The maximum Gasteiger partial charge on any atom is 0.143 e. The third-order valence-corrected chi connectivity index (χ3v) is 12.3. The van der Waals surface area contributed by atoms with E-state index in [2.05, 4.69) is 211 Å². The van der Waals surface area contributed by atoms with E-state index in [0.717, 1.165) is 61.3 Å². The highest BCUT2D eigenvalue weighted by Gasteiger charge is 2.20. The minimum absolute atomic E-state index is 0.899. The number of nitrogens with zero attached hydrogens (tertiary/aromatic N) is 1. The minimum Gasteiger partial charge on any atom is -0.455 e. The summed E-state index contributed by atoms with van der Waals surface area (Å²) in [5.74, 6) is 0. The number of anilines is 3. The van der Waals surface area contributed by atoms with Crippen LogP contribution in [0.1, 0.15) is 0 Å². The Bertz CT molecular complexity index is 3210. The molecule has 0 saturated carbocycles. The van der Waals surface area contributed by atoms with Gasteiger partial charge in [-0.25, -0.2) is 0 Å². The highest BCUT2D eigenvalue weighted by atomic mass is 32.1. The van der Waals surface area contributed by atoms with Crippen molar-refractivity contribution in [2.45, 2.75) is 0 Å². The van der Waals surface area contributed by atoms with Crippen LogP contribution in [-0.4, -0.2) is 0 Å². The van der Waals surface area contributed by atoms with E-state index in [1.54, 1.807) is 0 Å². The summed E-state index contributed by atoms with van der Waals surface area (Å²) in [6.45, 7) is 0. The van der Waals surface area contributed by atoms with Crippen LogP contribution in [0.5, 0.6) is 0 Å². The molecule has 0 aliphatic heterocycles. The van der Waals surface area contributed by atoms with Crippen molar-refractivity contribution in [1.29, 1.82) is 0 Å². The molecule has 0 aliphatic rings. The van der Waals surface area contributed by atoms with Gasteiger partial charge in [-0.2, -0.15) is 0 Å². The highest BCUT2D eigenvalue weighted by Crippen LogP contribution is 2.45. The molecule has 0 atom stereocenters. The number of para-hydroxylation sites is 2. The fourth-order valence-corrected chi connectivity index (χ4v) is 9.40. The molecule has 0 unspecified atom stereocenters. The second-order valence-corrected chi connectivity index (χ2v) is 15.6. The van der Waals surface area contributed by atoms with Crippen LogP contribution in [0.25, 0.3) is 86.6 Å². The lowest BCUT2D eigenvalue weighted by Crippen LogP contribution is -2.10. The number of fused-ring (bicyclic) bond motifs is 6. The second-order valence-electron chi connectivity index (χ2n) is 14.5. The summed E-state index contributed by atoms with van der Waals surface area (Å²) in [6, 6.07) is 76.4. The Kier molecular flexibility index (Phi) is 8.04.